The van der Waals surface area contributed by atoms with E-state index in [2.05, 4.69) is 5.32 Å². The molecule has 2 rings (SSSR count). The molecule has 0 aliphatic rings. The zero-order chi connectivity index (χ0) is 13.2. The number of nitrogens with one attached hydrogen (secondary N) is 1. The molecule has 18 heavy (non-hydrogen) atoms. The number of hydrogen-bond donors (Lipinski definition) is 2. The van der Waals surface area contributed by atoms with E-state index in [4.69, 9.17) is 0 Å². The molecule has 0 radical (unpaired) electrons. The van der Waals surface area contributed by atoms with Crippen molar-refractivity contribution in [1.29, 1.82) is 0 Å². The fourth-order valence-electron chi connectivity index (χ4n) is 1.92. The number of rotatable bonds is 3. The normalized spacial score (nSPS) is 14.2. The van der Waals surface area contributed by atoms with Crippen LogP contribution in [0.4, 0.5) is 0 Å². The smallest absolute Gasteiger partial charge is 0.216 e. The Morgan fingerprint density at radius 2 is 1.89 bits per heavy atom. The molecule has 1 atom stereocenters. The minimum absolute atomic E-state index is 0.143. The number of hydrogen-bond acceptors (Lipinski definition) is 2. The van der Waals surface area contributed by atoms with Gasteiger partial charge in [0.05, 0.1) is 6.54 Å². The number of carbonyl (C=O) groups excluding carboxylic acids is 1. The van der Waals surface area contributed by atoms with Gasteiger partial charge in [0.1, 0.15) is 5.60 Å². The molecule has 94 valence electrons. The zero-order valence-electron chi connectivity index (χ0n) is 10.6. The lowest BCUT2D eigenvalue weighted by Crippen LogP contribution is -2.37. The Hall–Kier alpha value is -1.87. The van der Waals surface area contributed by atoms with E-state index in [-0.39, 0.29) is 12.5 Å². The minimum Gasteiger partial charge on any atom is -0.384 e. The number of carbonyl (C=O) groups is 1. The molecular formula is C15H17NO2. The van der Waals surface area contributed by atoms with Gasteiger partial charge in [0.25, 0.3) is 0 Å². The summed E-state index contributed by atoms with van der Waals surface area (Å²) in [6, 6.07) is 13.8. The van der Waals surface area contributed by atoms with Gasteiger partial charge in [-0.2, -0.15) is 0 Å². The molecule has 2 N–H and O–H groups in total. The van der Waals surface area contributed by atoms with Crippen molar-refractivity contribution in [3.05, 3.63) is 48.0 Å². The van der Waals surface area contributed by atoms with Crippen LogP contribution in [-0.4, -0.2) is 17.6 Å². The molecule has 2 aromatic carbocycles. The zero-order valence-corrected chi connectivity index (χ0v) is 10.6. The average Bonchev–Trinajstić information content (AvgIpc) is 2.36. The van der Waals surface area contributed by atoms with Gasteiger partial charge in [0.2, 0.25) is 5.91 Å². The summed E-state index contributed by atoms with van der Waals surface area (Å²) in [5, 5.41) is 15.2. The van der Waals surface area contributed by atoms with Gasteiger partial charge in [0, 0.05) is 6.92 Å². The van der Waals surface area contributed by atoms with Crippen LogP contribution < -0.4 is 5.32 Å². The van der Waals surface area contributed by atoms with E-state index in [0.29, 0.717) is 0 Å². The summed E-state index contributed by atoms with van der Waals surface area (Å²) in [5.41, 5.74) is -0.259. The topological polar surface area (TPSA) is 49.3 Å². The molecule has 1 amide bonds. The Balaban J connectivity index is 2.32. The third kappa shape index (κ3) is 2.68. The molecule has 2 aromatic rings. The molecule has 0 bridgehead atoms. The van der Waals surface area contributed by atoms with Crippen molar-refractivity contribution < 1.29 is 9.90 Å². The summed E-state index contributed by atoms with van der Waals surface area (Å²) in [7, 11) is 0. The van der Waals surface area contributed by atoms with Crippen LogP contribution in [-0.2, 0) is 10.4 Å². The quantitative estimate of drug-likeness (QED) is 0.868. The first-order valence-electron chi connectivity index (χ1n) is 5.95. The van der Waals surface area contributed by atoms with Crippen molar-refractivity contribution in [3.63, 3.8) is 0 Å². The van der Waals surface area contributed by atoms with Gasteiger partial charge >= 0.3 is 0 Å². The van der Waals surface area contributed by atoms with Crippen molar-refractivity contribution in [1.82, 2.24) is 5.32 Å². The second-order valence-electron chi connectivity index (χ2n) is 4.75. The van der Waals surface area contributed by atoms with E-state index in [9.17, 15) is 9.90 Å². The first-order chi connectivity index (χ1) is 8.49. The molecule has 3 heteroatoms. The predicted molar refractivity (Wildman–Crippen MR) is 72.2 cm³/mol. The molecule has 0 aliphatic carbocycles. The van der Waals surface area contributed by atoms with Crippen LogP contribution in [0.15, 0.2) is 42.5 Å². The highest BCUT2D eigenvalue weighted by Crippen LogP contribution is 2.24. The van der Waals surface area contributed by atoms with Gasteiger partial charge in [-0.05, 0) is 29.3 Å². The fourth-order valence-corrected chi connectivity index (χ4v) is 1.92. The highest BCUT2D eigenvalue weighted by Gasteiger charge is 2.23. The van der Waals surface area contributed by atoms with Crippen LogP contribution in [0.5, 0.6) is 0 Å². The number of aliphatic hydroxyl groups is 1. The molecule has 0 aromatic heterocycles. The summed E-state index contributed by atoms with van der Waals surface area (Å²) in [6.07, 6.45) is 0. The lowest BCUT2D eigenvalue weighted by Gasteiger charge is -2.24. The summed E-state index contributed by atoms with van der Waals surface area (Å²) in [4.78, 5) is 10.9. The number of amides is 1. The predicted octanol–water partition coefficient (Wildman–Crippen LogP) is 2.18. The molecule has 0 fully saturated rings. The van der Waals surface area contributed by atoms with Crippen LogP contribution in [0, 0.1) is 0 Å². The van der Waals surface area contributed by atoms with E-state index in [1.54, 1.807) is 6.92 Å². The molecule has 0 unspecified atom stereocenters. The SMILES string of the molecule is CC(=O)NC[C@@](C)(O)c1ccc2ccccc2c1. The second kappa shape index (κ2) is 4.78. The Morgan fingerprint density at radius 1 is 1.22 bits per heavy atom. The Bertz CT molecular complexity index is 575. The van der Waals surface area contributed by atoms with E-state index in [1.807, 2.05) is 42.5 Å². The highest BCUT2D eigenvalue weighted by atomic mass is 16.3. The number of fused-ring (bicyclic) bond motifs is 1. The molecule has 0 saturated heterocycles. The monoisotopic (exact) mass is 243 g/mol. The van der Waals surface area contributed by atoms with Gasteiger partial charge < -0.3 is 10.4 Å². The van der Waals surface area contributed by atoms with Gasteiger partial charge in [-0.15, -0.1) is 0 Å². The molecule has 0 spiro atoms. The molecule has 0 aliphatic heterocycles. The maximum atomic E-state index is 10.9. The van der Waals surface area contributed by atoms with Crippen LogP contribution in [0.25, 0.3) is 10.8 Å². The maximum Gasteiger partial charge on any atom is 0.216 e. The van der Waals surface area contributed by atoms with E-state index < -0.39 is 5.60 Å². The fraction of sp³-hybridized carbons (Fsp3) is 0.267. The van der Waals surface area contributed by atoms with Crippen molar-refractivity contribution >= 4 is 16.7 Å². The number of benzene rings is 2. The van der Waals surface area contributed by atoms with E-state index in [1.165, 1.54) is 6.92 Å². The van der Waals surface area contributed by atoms with E-state index >= 15 is 0 Å². The third-order valence-corrected chi connectivity index (χ3v) is 3.05. The van der Waals surface area contributed by atoms with Gasteiger partial charge in [0.15, 0.2) is 0 Å². The Labute approximate surface area is 106 Å². The Morgan fingerprint density at radius 3 is 2.56 bits per heavy atom. The molecular weight excluding hydrogens is 226 g/mol. The molecule has 0 saturated carbocycles. The van der Waals surface area contributed by atoms with Gasteiger partial charge in [-0.25, -0.2) is 0 Å². The minimum atomic E-state index is -1.06. The van der Waals surface area contributed by atoms with Crippen LogP contribution in [0.1, 0.15) is 19.4 Å². The lowest BCUT2D eigenvalue weighted by atomic mass is 9.93. The molecule has 0 heterocycles. The highest BCUT2D eigenvalue weighted by molar-refractivity contribution is 5.83. The molecule has 3 nitrogen and oxygen atoms in total. The van der Waals surface area contributed by atoms with Crippen molar-refractivity contribution in [2.45, 2.75) is 19.4 Å². The van der Waals surface area contributed by atoms with Crippen LogP contribution >= 0.6 is 0 Å². The maximum absolute atomic E-state index is 10.9. The van der Waals surface area contributed by atoms with Crippen molar-refractivity contribution in [2.75, 3.05) is 6.54 Å². The summed E-state index contributed by atoms with van der Waals surface area (Å²) in [5.74, 6) is -0.143. The summed E-state index contributed by atoms with van der Waals surface area (Å²) < 4.78 is 0. The second-order valence-corrected chi connectivity index (χ2v) is 4.75. The standard InChI is InChI=1S/C15H17NO2/c1-11(17)16-10-15(2,18)14-8-7-12-5-3-4-6-13(12)9-14/h3-9,18H,10H2,1-2H3,(H,16,17)/t15-/m1/s1. The Kier molecular flexibility index (Phi) is 3.34. The van der Waals surface area contributed by atoms with Crippen LogP contribution in [0.3, 0.4) is 0 Å². The van der Waals surface area contributed by atoms with Crippen molar-refractivity contribution in [3.8, 4) is 0 Å². The first-order valence-corrected chi connectivity index (χ1v) is 5.95. The van der Waals surface area contributed by atoms with E-state index in [0.717, 1.165) is 16.3 Å². The van der Waals surface area contributed by atoms with Gasteiger partial charge in [-0.1, -0.05) is 36.4 Å². The summed E-state index contributed by atoms with van der Waals surface area (Å²) in [6.45, 7) is 3.35. The third-order valence-electron chi connectivity index (χ3n) is 3.05. The van der Waals surface area contributed by atoms with Crippen LogP contribution in [0.2, 0.25) is 0 Å². The largest absolute Gasteiger partial charge is 0.384 e. The average molecular weight is 243 g/mol. The first kappa shape index (κ1) is 12.6. The van der Waals surface area contributed by atoms with Crippen molar-refractivity contribution in [2.24, 2.45) is 0 Å². The lowest BCUT2D eigenvalue weighted by molar-refractivity contribution is -0.120. The summed E-state index contributed by atoms with van der Waals surface area (Å²) >= 11 is 0. The van der Waals surface area contributed by atoms with Gasteiger partial charge in [-0.3, -0.25) is 4.79 Å².